The van der Waals surface area contributed by atoms with Crippen LogP contribution in [0.4, 0.5) is 5.69 Å². The van der Waals surface area contributed by atoms with E-state index in [2.05, 4.69) is 10.4 Å². The minimum absolute atomic E-state index is 0.0808. The molecule has 2 aromatic heterocycles. The Hall–Kier alpha value is -3.71. The molecule has 13 heteroatoms. The van der Waals surface area contributed by atoms with Gasteiger partial charge in [0.15, 0.2) is 5.69 Å². The van der Waals surface area contributed by atoms with Gasteiger partial charge in [0.05, 0.1) is 17.7 Å². The topological polar surface area (TPSA) is 150 Å². The first-order chi connectivity index (χ1) is 16.7. The van der Waals surface area contributed by atoms with E-state index in [1.807, 2.05) is 0 Å². The molecule has 4 rings (SSSR count). The Labute approximate surface area is 201 Å². The van der Waals surface area contributed by atoms with E-state index in [0.29, 0.717) is 43.8 Å². The van der Waals surface area contributed by atoms with Crippen LogP contribution in [0.2, 0.25) is 0 Å². The minimum atomic E-state index is -4.04. The summed E-state index contributed by atoms with van der Waals surface area (Å²) in [4.78, 5) is 23.1. The number of carbonyl (C=O) groups excluding carboxylic acids is 1. The number of non-ortho nitro benzene ring substituents is 1. The second-order valence-electron chi connectivity index (χ2n) is 7.96. The van der Waals surface area contributed by atoms with Crippen molar-refractivity contribution in [1.82, 2.24) is 19.4 Å². The molecule has 1 fully saturated rings. The lowest BCUT2D eigenvalue weighted by molar-refractivity contribution is -0.385. The molecule has 1 N–H and O–H groups in total. The number of benzene rings is 1. The van der Waals surface area contributed by atoms with Crippen molar-refractivity contribution >= 4 is 21.6 Å². The third kappa shape index (κ3) is 4.91. The molecule has 3 aromatic rings. The van der Waals surface area contributed by atoms with Gasteiger partial charge in [0.25, 0.3) is 11.6 Å². The minimum Gasteiger partial charge on any atom is -0.467 e. The fourth-order valence-electron chi connectivity index (χ4n) is 3.83. The Kier molecular flexibility index (Phi) is 6.89. The number of nitrogens with one attached hydrogen (secondary N) is 1. The van der Waals surface area contributed by atoms with Crippen LogP contribution in [-0.4, -0.2) is 46.4 Å². The SMILES string of the molecule is CCn1nc(C(=O)NCc2ccco2)c(C)c1Oc1ccc([N+](=O)[O-])cc1S(=O)(=O)N1CCCC1. The predicted octanol–water partition coefficient (Wildman–Crippen LogP) is 3.22. The van der Waals surface area contributed by atoms with Crippen molar-refractivity contribution in [3.63, 3.8) is 0 Å². The number of furan rings is 1. The van der Waals surface area contributed by atoms with Gasteiger partial charge in [-0.1, -0.05) is 0 Å². The average molecular weight is 504 g/mol. The van der Waals surface area contributed by atoms with Gasteiger partial charge < -0.3 is 14.5 Å². The van der Waals surface area contributed by atoms with Crippen molar-refractivity contribution in [2.45, 2.75) is 44.7 Å². The van der Waals surface area contributed by atoms with Gasteiger partial charge in [0.1, 0.15) is 16.4 Å². The van der Waals surface area contributed by atoms with E-state index in [4.69, 9.17) is 9.15 Å². The number of aryl methyl sites for hydroxylation is 1. The number of aromatic nitrogens is 2. The molecule has 3 heterocycles. The van der Waals surface area contributed by atoms with Crippen LogP contribution in [-0.2, 0) is 23.1 Å². The highest BCUT2D eigenvalue weighted by Crippen LogP contribution is 2.36. The first kappa shape index (κ1) is 24.4. The smallest absolute Gasteiger partial charge is 0.272 e. The fraction of sp³-hybridized carbons (Fsp3) is 0.364. The molecule has 0 atom stereocenters. The predicted molar refractivity (Wildman–Crippen MR) is 124 cm³/mol. The summed E-state index contributed by atoms with van der Waals surface area (Å²) >= 11 is 0. The molecule has 1 aromatic carbocycles. The maximum Gasteiger partial charge on any atom is 0.272 e. The number of nitro groups is 1. The van der Waals surface area contributed by atoms with Crippen LogP contribution < -0.4 is 10.1 Å². The lowest BCUT2D eigenvalue weighted by Crippen LogP contribution is -2.28. The zero-order valence-electron chi connectivity index (χ0n) is 19.3. The van der Waals surface area contributed by atoms with Gasteiger partial charge in [-0.05, 0) is 44.9 Å². The Morgan fingerprint density at radius 3 is 2.66 bits per heavy atom. The summed E-state index contributed by atoms with van der Waals surface area (Å²) in [6.07, 6.45) is 2.92. The van der Waals surface area contributed by atoms with Gasteiger partial charge in [0, 0.05) is 37.3 Å². The number of sulfonamides is 1. The van der Waals surface area contributed by atoms with Gasteiger partial charge >= 0.3 is 0 Å². The highest BCUT2D eigenvalue weighted by Gasteiger charge is 2.33. The third-order valence-electron chi connectivity index (χ3n) is 5.68. The second-order valence-corrected chi connectivity index (χ2v) is 9.86. The number of ether oxygens (including phenoxy) is 1. The summed E-state index contributed by atoms with van der Waals surface area (Å²) in [5.41, 5.74) is 0.139. The molecule has 0 radical (unpaired) electrons. The van der Waals surface area contributed by atoms with Gasteiger partial charge in [-0.2, -0.15) is 9.40 Å². The molecule has 0 saturated carbocycles. The number of nitro benzene ring substituents is 1. The van der Waals surface area contributed by atoms with Crippen molar-refractivity contribution in [3.8, 4) is 11.6 Å². The molecule has 0 bridgehead atoms. The summed E-state index contributed by atoms with van der Waals surface area (Å²) in [6.45, 7) is 4.59. The first-order valence-electron chi connectivity index (χ1n) is 11.1. The third-order valence-corrected chi connectivity index (χ3v) is 7.60. The van der Waals surface area contributed by atoms with Crippen LogP contribution in [0.25, 0.3) is 0 Å². The molecule has 0 unspecified atom stereocenters. The molecule has 35 heavy (non-hydrogen) atoms. The zero-order valence-corrected chi connectivity index (χ0v) is 20.1. The van der Waals surface area contributed by atoms with E-state index < -0.39 is 20.9 Å². The van der Waals surface area contributed by atoms with E-state index in [0.717, 1.165) is 6.07 Å². The van der Waals surface area contributed by atoms with E-state index in [9.17, 15) is 23.3 Å². The standard InChI is InChI=1S/C22H25N5O7S/c1-3-26-22(15(2)20(24-26)21(28)23-14-17-7-6-12-33-17)34-18-9-8-16(27(29)30)13-19(18)35(31,32)25-10-4-5-11-25/h6-9,12-13H,3-5,10-11,14H2,1-2H3,(H,23,28). The highest BCUT2D eigenvalue weighted by molar-refractivity contribution is 7.89. The van der Waals surface area contributed by atoms with Crippen molar-refractivity contribution in [3.05, 3.63) is 63.7 Å². The summed E-state index contributed by atoms with van der Waals surface area (Å²) in [5.74, 6) is 0.208. The van der Waals surface area contributed by atoms with Crippen molar-refractivity contribution in [2.24, 2.45) is 0 Å². The van der Waals surface area contributed by atoms with E-state index in [-0.39, 0.29) is 34.5 Å². The van der Waals surface area contributed by atoms with Gasteiger partial charge in [-0.15, -0.1) is 0 Å². The van der Waals surface area contributed by atoms with Crippen LogP contribution in [0.15, 0.2) is 45.9 Å². The monoisotopic (exact) mass is 503 g/mol. The van der Waals surface area contributed by atoms with Crippen molar-refractivity contribution in [1.29, 1.82) is 0 Å². The van der Waals surface area contributed by atoms with Crippen LogP contribution in [0, 0.1) is 17.0 Å². The number of nitrogens with zero attached hydrogens (tertiary/aromatic N) is 4. The van der Waals surface area contributed by atoms with Gasteiger partial charge in [0.2, 0.25) is 15.9 Å². The Morgan fingerprint density at radius 2 is 2.03 bits per heavy atom. The van der Waals surface area contributed by atoms with Gasteiger partial charge in [-0.25, -0.2) is 13.1 Å². The highest BCUT2D eigenvalue weighted by atomic mass is 32.2. The first-order valence-corrected chi connectivity index (χ1v) is 12.5. The molecule has 1 saturated heterocycles. The summed E-state index contributed by atoms with van der Waals surface area (Å²) in [5, 5.41) is 18.4. The largest absolute Gasteiger partial charge is 0.467 e. The van der Waals surface area contributed by atoms with Crippen LogP contribution in [0.1, 0.15) is 41.6 Å². The molecule has 0 aliphatic carbocycles. The number of amides is 1. The normalized spacial score (nSPS) is 14.2. The molecule has 1 aliphatic heterocycles. The molecular weight excluding hydrogens is 478 g/mol. The Bertz CT molecular complexity index is 1340. The van der Waals surface area contributed by atoms with Crippen molar-refractivity contribution < 1.29 is 27.3 Å². The summed E-state index contributed by atoms with van der Waals surface area (Å²) in [7, 11) is -4.04. The van der Waals surface area contributed by atoms with E-state index in [1.165, 1.54) is 27.4 Å². The van der Waals surface area contributed by atoms with Gasteiger partial charge in [-0.3, -0.25) is 14.9 Å². The van der Waals surface area contributed by atoms with Crippen LogP contribution in [0.5, 0.6) is 11.6 Å². The number of hydrogen-bond donors (Lipinski definition) is 1. The molecular formula is C22H25N5O7S. The number of hydrogen-bond acceptors (Lipinski definition) is 8. The Balaban J connectivity index is 1.69. The van der Waals surface area contributed by atoms with E-state index in [1.54, 1.807) is 26.0 Å². The van der Waals surface area contributed by atoms with E-state index >= 15 is 0 Å². The second kappa shape index (κ2) is 9.88. The number of rotatable bonds is 9. The lowest BCUT2D eigenvalue weighted by atomic mass is 10.2. The van der Waals surface area contributed by atoms with Crippen LogP contribution >= 0.6 is 0 Å². The maximum absolute atomic E-state index is 13.3. The molecule has 186 valence electrons. The maximum atomic E-state index is 13.3. The molecule has 1 aliphatic rings. The molecule has 1 amide bonds. The summed E-state index contributed by atoms with van der Waals surface area (Å²) < 4.78 is 40.5. The number of carbonyl (C=O) groups is 1. The summed E-state index contributed by atoms with van der Waals surface area (Å²) in [6, 6.07) is 6.87. The van der Waals surface area contributed by atoms with Crippen molar-refractivity contribution in [2.75, 3.05) is 13.1 Å². The Morgan fingerprint density at radius 1 is 1.29 bits per heavy atom. The lowest BCUT2D eigenvalue weighted by Gasteiger charge is -2.18. The zero-order chi connectivity index (χ0) is 25.2. The quantitative estimate of drug-likeness (QED) is 0.345. The van der Waals surface area contributed by atoms with Crippen LogP contribution in [0.3, 0.4) is 0 Å². The molecule has 12 nitrogen and oxygen atoms in total. The average Bonchev–Trinajstić information content (AvgIpc) is 3.60. The fourth-order valence-corrected chi connectivity index (χ4v) is 5.48. The molecule has 0 spiro atoms.